The molecule has 25 heavy (non-hydrogen) atoms. The molecule has 1 fully saturated rings. The number of ether oxygens (including phenoxy) is 1. The van der Waals surface area contributed by atoms with Gasteiger partial charge in [0.15, 0.2) is 0 Å². The topological polar surface area (TPSA) is 61.2 Å². The Hall–Kier alpha value is -1.44. The van der Waals surface area contributed by atoms with Crippen molar-refractivity contribution < 1.29 is 17.5 Å². The Morgan fingerprint density at radius 3 is 2.80 bits per heavy atom. The summed E-state index contributed by atoms with van der Waals surface area (Å²) in [7, 11) is -3.86. The third kappa shape index (κ3) is 3.73. The molecule has 0 unspecified atom stereocenters. The molecule has 1 aromatic heterocycles. The number of aromatic nitrogens is 2. The molecule has 1 aromatic carbocycles. The standard InChI is InChI=1S/C17H20ClFN2O3S/c1-11-12(2)21(9-13-5-4-8-24-13)17(20-11)25(22,23)10-14-15(18)6-3-7-16(14)19/h3,6-7,13H,4-5,8-10H2,1-2H3/t13-/m0/s1. The van der Waals surface area contributed by atoms with E-state index in [1.54, 1.807) is 11.5 Å². The van der Waals surface area contributed by atoms with Crippen molar-refractivity contribution in [3.63, 3.8) is 0 Å². The van der Waals surface area contributed by atoms with Gasteiger partial charge in [-0.05, 0) is 38.8 Å². The zero-order valence-electron chi connectivity index (χ0n) is 14.1. The van der Waals surface area contributed by atoms with Crippen LogP contribution < -0.4 is 0 Å². The zero-order chi connectivity index (χ0) is 18.2. The lowest BCUT2D eigenvalue weighted by Gasteiger charge is -2.15. The lowest BCUT2D eigenvalue weighted by atomic mass is 10.2. The van der Waals surface area contributed by atoms with E-state index in [9.17, 15) is 12.8 Å². The summed E-state index contributed by atoms with van der Waals surface area (Å²) in [6, 6.07) is 4.12. The molecule has 136 valence electrons. The summed E-state index contributed by atoms with van der Waals surface area (Å²) in [6.07, 6.45) is 1.82. The van der Waals surface area contributed by atoms with Gasteiger partial charge in [-0.25, -0.2) is 17.8 Å². The monoisotopic (exact) mass is 386 g/mol. The Labute approximate surface area is 151 Å². The van der Waals surface area contributed by atoms with Gasteiger partial charge in [0.1, 0.15) is 5.82 Å². The summed E-state index contributed by atoms with van der Waals surface area (Å²) in [5, 5.41) is 0.0339. The Bertz CT molecular complexity index is 869. The normalized spacial score (nSPS) is 18.0. The fourth-order valence-corrected chi connectivity index (χ4v) is 4.93. The minimum absolute atomic E-state index is 0.0294. The Morgan fingerprint density at radius 1 is 1.40 bits per heavy atom. The Kier molecular flexibility index (Phi) is 5.18. The van der Waals surface area contributed by atoms with E-state index in [0.29, 0.717) is 18.8 Å². The number of hydrogen-bond acceptors (Lipinski definition) is 4. The number of halogens is 2. The van der Waals surface area contributed by atoms with Crippen molar-refractivity contribution >= 4 is 21.4 Å². The highest BCUT2D eigenvalue weighted by Gasteiger charge is 2.28. The van der Waals surface area contributed by atoms with E-state index in [-0.39, 0.29) is 21.8 Å². The quantitative estimate of drug-likeness (QED) is 0.789. The minimum atomic E-state index is -3.86. The molecule has 0 radical (unpaired) electrons. The SMILES string of the molecule is Cc1nc(S(=O)(=O)Cc2c(F)cccc2Cl)n(C[C@@H]2CCCO2)c1C. The first kappa shape index (κ1) is 18.4. The molecule has 0 aliphatic carbocycles. The number of nitrogens with zero attached hydrogens (tertiary/aromatic N) is 2. The van der Waals surface area contributed by atoms with Crippen LogP contribution in [0.2, 0.25) is 5.02 Å². The van der Waals surface area contributed by atoms with Crippen LogP contribution in [0.1, 0.15) is 29.8 Å². The maximum atomic E-state index is 14.0. The smallest absolute Gasteiger partial charge is 0.228 e. The number of benzene rings is 1. The summed E-state index contributed by atoms with van der Waals surface area (Å²) in [6.45, 7) is 4.69. The Balaban J connectivity index is 1.98. The molecule has 0 amide bonds. The molecule has 8 heteroatoms. The number of sulfone groups is 1. The van der Waals surface area contributed by atoms with Crippen LogP contribution in [0.25, 0.3) is 0 Å². The summed E-state index contributed by atoms with van der Waals surface area (Å²) < 4.78 is 47.1. The van der Waals surface area contributed by atoms with Crippen LogP contribution >= 0.6 is 11.6 Å². The van der Waals surface area contributed by atoms with Gasteiger partial charge in [-0.3, -0.25) is 0 Å². The molecule has 1 aliphatic rings. The highest BCUT2D eigenvalue weighted by Crippen LogP contribution is 2.26. The van der Waals surface area contributed by atoms with Crippen molar-refractivity contribution in [1.82, 2.24) is 9.55 Å². The predicted molar refractivity (Wildman–Crippen MR) is 93.0 cm³/mol. The minimum Gasteiger partial charge on any atom is -0.376 e. The van der Waals surface area contributed by atoms with Crippen molar-refractivity contribution in [3.8, 4) is 0 Å². The molecule has 0 N–H and O–H groups in total. The molecule has 2 heterocycles. The van der Waals surface area contributed by atoms with Crippen molar-refractivity contribution in [1.29, 1.82) is 0 Å². The van der Waals surface area contributed by atoms with Crippen molar-refractivity contribution in [3.05, 3.63) is 46.0 Å². The van der Waals surface area contributed by atoms with Crippen molar-refractivity contribution in [2.75, 3.05) is 6.61 Å². The molecule has 1 atom stereocenters. The second-order valence-corrected chi connectivity index (χ2v) is 8.56. The molecule has 3 rings (SSSR count). The molecule has 2 aromatic rings. The van der Waals surface area contributed by atoms with Crippen LogP contribution in [0, 0.1) is 19.7 Å². The fraction of sp³-hybridized carbons (Fsp3) is 0.471. The van der Waals surface area contributed by atoms with Gasteiger partial charge >= 0.3 is 0 Å². The molecule has 0 bridgehead atoms. The summed E-state index contributed by atoms with van der Waals surface area (Å²) >= 11 is 5.99. The molecular weight excluding hydrogens is 367 g/mol. The number of rotatable bonds is 5. The lowest BCUT2D eigenvalue weighted by molar-refractivity contribution is 0.0943. The van der Waals surface area contributed by atoms with Crippen molar-refractivity contribution in [2.45, 2.75) is 50.2 Å². The largest absolute Gasteiger partial charge is 0.376 e. The van der Waals surface area contributed by atoms with Gasteiger partial charge in [0.2, 0.25) is 15.0 Å². The molecule has 1 aliphatic heterocycles. The highest BCUT2D eigenvalue weighted by molar-refractivity contribution is 7.90. The highest BCUT2D eigenvalue weighted by atomic mass is 35.5. The first-order chi connectivity index (χ1) is 11.8. The first-order valence-corrected chi connectivity index (χ1v) is 10.1. The van der Waals surface area contributed by atoms with E-state index in [0.717, 1.165) is 18.5 Å². The molecule has 5 nitrogen and oxygen atoms in total. The van der Waals surface area contributed by atoms with E-state index in [2.05, 4.69) is 4.98 Å². The molecule has 1 saturated heterocycles. The fourth-order valence-electron chi connectivity index (χ4n) is 2.99. The third-order valence-corrected chi connectivity index (χ3v) is 6.40. The van der Waals surface area contributed by atoms with E-state index in [1.807, 2.05) is 6.92 Å². The van der Waals surface area contributed by atoms with Crippen LogP contribution in [0.15, 0.2) is 23.4 Å². The van der Waals surface area contributed by atoms with E-state index >= 15 is 0 Å². The van der Waals surface area contributed by atoms with Crippen LogP contribution in [-0.2, 0) is 26.9 Å². The number of hydrogen-bond donors (Lipinski definition) is 0. The Morgan fingerprint density at radius 2 is 2.16 bits per heavy atom. The second kappa shape index (κ2) is 7.05. The summed E-state index contributed by atoms with van der Waals surface area (Å²) in [4.78, 5) is 4.23. The van der Waals surface area contributed by atoms with Gasteiger partial charge in [-0.2, -0.15) is 0 Å². The molecule has 0 spiro atoms. The molecule has 0 saturated carbocycles. The third-order valence-electron chi connectivity index (χ3n) is 4.51. The van der Waals surface area contributed by atoms with Gasteiger partial charge in [-0.1, -0.05) is 17.7 Å². The van der Waals surface area contributed by atoms with Gasteiger partial charge in [0.05, 0.1) is 24.1 Å². The van der Waals surface area contributed by atoms with Crippen LogP contribution in [0.3, 0.4) is 0 Å². The predicted octanol–water partition coefficient (Wildman–Crippen LogP) is 3.45. The number of imidazole rings is 1. The average Bonchev–Trinajstić information content (AvgIpc) is 3.15. The zero-order valence-corrected chi connectivity index (χ0v) is 15.7. The van der Waals surface area contributed by atoms with Crippen molar-refractivity contribution in [2.24, 2.45) is 0 Å². The summed E-state index contributed by atoms with van der Waals surface area (Å²) in [5.41, 5.74) is 1.37. The van der Waals surface area contributed by atoms with Crippen LogP contribution in [-0.4, -0.2) is 30.7 Å². The van der Waals surface area contributed by atoms with Gasteiger partial charge < -0.3 is 9.30 Å². The van der Waals surface area contributed by atoms with Gasteiger partial charge in [0, 0.05) is 22.9 Å². The van der Waals surface area contributed by atoms with Crippen LogP contribution in [0.4, 0.5) is 4.39 Å². The lowest BCUT2D eigenvalue weighted by Crippen LogP contribution is -2.21. The van der Waals surface area contributed by atoms with Gasteiger partial charge in [-0.15, -0.1) is 0 Å². The van der Waals surface area contributed by atoms with Crippen LogP contribution in [0.5, 0.6) is 0 Å². The van der Waals surface area contributed by atoms with E-state index in [4.69, 9.17) is 16.3 Å². The van der Waals surface area contributed by atoms with E-state index < -0.39 is 21.4 Å². The molecular formula is C17H20ClFN2O3S. The summed E-state index contributed by atoms with van der Waals surface area (Å²) in [5.74, 6) is -1.17. The van der Waals surface area contributed by atoms with Gasteiger partial charge in [0.25, 0.3) is 0 Å². The van der Waals surface area contributed by atoms with E-state index in [1.165, 1.54) is 18.2 Å². The number of aryl methyl sites for hydroxylation is 1. The maximum absolute atomic E-state index is 14.0. The second-order valence-electron chi connectivity index (χ2n) is 6.27. The maximum Gasteiger partial charge on any atom is 0.228 e. The average molecular weight is 387 g/mol. The first-order valence-electron chi connectivity index (χ1n) is 8.10.